The fraction of sp³-hybridized carbons (Fsp3) is 0.500. The van der Waals surface area contributed by atoms with Crippen LogP contribution in [0.15, 0.2) is 24.5 Å². The molecule has 0 bridgehead atoms. The van der Waals surface area contributed by atoms with E-state index in [1.807, 2.05) is 24.5 Å². The Bertz CT molecular complexity index is 540. The average Bonchev–Trinajstić information content (AvgIpc) is 2.57. The molecule has 0 spiro atoms. The van der Waals surface area contributed by atoms with Crippen molar-refractivity contribution in [3.05, 3.63) is 24.5 Å². The molecule has 4 nitrogen and oxygen atoms in total. The van der Waals surface area contributed by atoms with Crippen molar-refractivity contribution < 1.29 is 0 Å². The highest BCUT2D eigenvalue weighted by Gasteiger charge is 2.20. The summed E-state index contributed by atoms with van der Waals surface area (Å²) in [4.78, 5) is 6.63. The summed E-state index contributed by atoms with van der Waals surface area (Å²) in [6.07, 6.45) is 1.90. The average molecular weight is 246 g/mol. The third kappa shape index (κ3) is 2.82. The van der Waals surface area contributed by atoms with Gasteiger partial charge in [0.25, 0.3) is 0 Å². The van der Waals surface area contributed by atoms with Crippen LogP contribution < -0.4 is 5.73 Å². The number of anilines is 1. The normalized spacial score (nSPS) is 12.5. The maximum atomic E-state index is 5.77. The summed E-state index contributed by atoms with van der Waals surface area (Å²) in [5.41, 5.74) is 8.86. The largest absolute Gasteiger partial charge is 0.399 e. The van der Waals surface area contributed by atoms with Gasteiger partial charge in [0.2, 0.25) is 0 Å². The van der Waals surface area contributed by atoms with Crippen molar-refractivity contribution >= 4 is 16.7 Å². The highest BCUT2D eigenvalue weighted by atomic mass is 15.1. The van der Waals surface area contributed by atoms with Gasteiger partial charge in [-0.3, -0.25) is 0 Å². The molecule has 0 fully saturated rings. The van der Waals surface area contributed by atoms with E-state index in [0.717, 1.165) is 29.8 Å². The van der Waals surface area contributed by atoms with Crippen molar-refractivity contribution in [2.75, 3.05) is 26.4 Å². The number of nitrogens with zero attached hydrogens (tertiary/aromatic N) is 3. The van der Waals surface area contributed by atoms with Gasteiger partial charge in [0, 0.05) is 18.8 Å². The molecule has 0 radical (unpaired) electrons. The van der Waals surface area contributed by atoms with Crippen LogP contribution in [-0.2, 0) is 6.54 Å². The van der Waals surface area contributed by atoms with Gasteiger partial charge in [-0.1, -0.05) is 13.8 Å². The first-order valence-corrected chi connectivity index (χ1v) is 6.22. The lowest BCUT2D eigenvalue weighted by Crippen LogP contribution is -2.32. The van der Waals surface area contributed by atoms with Crippen LogP contribution in [0.3, 0.4) is 0 Å². The molecule has 0 saturated carbocycles. The molecule has 0 aliphatic heterocycles. The number of rotatable bonds is 4. The van der Waals surface area contributed by atoms with Gasteiger partial charge in [0.05, 0.1) is 17.4 Å². The molecule has 2 rings (SSSR count). The highest BCUT2D eigenvalue weighted by Crippen LogP contribution is 2.23. The molecule has 1 heterocycles. The molecule has 18 heavy (non-hydrogen) atoms. The first-order valence-electron chi connectivity index (χ1n) is 6.22. The number of fused-ring (bicyclic) bond motifs is 1. The first kappa shape index (κ1) is 12.9. The molecule has 0 aliphatic carbocycles. The molecular weight excluding hydrogens is 224 g/mol. The van der Waals surface area contributed by atoms with Crippen LogP contribution >= 0.6 is 0 Å². The quantitative estimate of drug-likeness (QED) is 0.841. The van der Waals surface area contributed by atoms with Crippen molar-refractivity contribution in [3.63, 3.8) is 0 Å². The van der Waals surface area contributed by atoms with E-state index in [1.165, 1.54) is 0 Å². The zero-order valence-electron chi connectivity index (χ0n) is 11.6. The number of nitrogen functional groups attached to an aromatic ring is 1. The van der Waals surface area contributed by atoms with Gasteiger partial charge in [-0.2, -0.15) is 0 Å². The molecule has 1 aromatic carbocycles. The van der Waals surface area contributed by atoms with Crippen molar-refractivity contribution in [2.45, 2.75) is 20.4 Å². The SMILES string of the molecule is CN(C)CC(C)(C)Cn1cnc2cc(N)ccc21. The predicted molar refractivity (Wildman–Crippen MR) is 76.5 cm³/mol. The highest BCUT2D eigenvalue weighted by molar-refractivity contribution is 5.78. The number of aromatic nitrogens is 2. The Labute approximate surface area is 108 Å². The van der Waals surface area contributed by atoms with E-state index in [2.05, 4.69) is 42.4 Å². The van der Waals surface area contributed by atoms with Crippen LogP contribution in [0.2, 0.25) is 0 Å². The molecule has 1 aromatic heterocycles. The van der Waals surface area contributed by atoms with Crippen LogP contribution in [0.1, 0.15) is 13.8 Å². The summed E-state index contributed by atoms with van der Waals surface area (Å²) in [5.74, 6) is 0. The molecule has 0 unspecified atom stereocenters. The van der Waals surface area contributed by atoms with Crippen molar-refractivity contribution in [2.24, 2.45) is 5.41 Å². The van der Waals surface area contributed by atoms with Crippen molar-refractivity contribution in [1.82, 2.24) is 14.5 Å². The van der Waals surface area contributed by atoms with E-state index >= 15 is 0 Å². The Morgan fingerprint density at radius 3 is 2.72 bits per heavy atom. The minimum Gasteiger partial charge on any atom is -0.399 e. The number of benzene rings is 1. The van der Waals surface area contributed by atoms with Gasteiger partial charge in [0.15, 0.2) is 0 Å². The summed E-state index contributed by atoms with van der Waals surface area (Å²) in [6.45, 7) is 6.54. The summed E-state index contributed by atoms with van der Waals surface area (Å²) >= 11 is 0. The monoisotopic (exact) mass is 246 g/mol. The Balaban J connectivity index is 2.27. The molecule has 2 N–H and O–H groups in total. The Kier molecular flexibility index (Phi) is 3.30. The van der Waals surface area contributed by atoms with Gasteiger partial charge in [-0.15, -0.1) is 0 Å². The molecule has 0 atom stereocenters. The van der Waals surface area contributed by atoms with Crippen molar-refractivity contribution in [3.8, 4) is 0 Å². The topological polar surface area (TPSA) is 47.1 Å². The second-order valence-electron chi connectivity index (χ2n) is 6.02. The fourth-order valence-electron chi connectivity index (χ4n) is 2.57. The number of imidazole rings is 1. The lowest BCUT2D eigenvalue weighted by Gasteiger charge is -2.28. The third-order valence-electron chi connectivity index (χ3n) is 2.99. The van der Waals surface area contributed by atoms with Gasteiger partial charge in [0.1, 0.15) is 0 Å². The van der Waals surface area contributed by atoms with Crippen LogP contribution in [-0.4, -0.2) is 35.1 Å². The van der Waals surface area contributed by atoms with Crippen molar-refractivity contribution in [1.29, 1.82) is 0 Å². The van der Waals surface area contributed by atoms with E-state index < -0.39 is 0 Å². The third-order valence-corrected chi connectivity index (χ3v) is 2.99. The maximum absolute atomic E-state index is 5.77. The number of nitrogens with two attached hydrogens (primary N) is 1. The zero-order valence-corrected chi connectivity index (χ0v) is 11.6. The number of hydrogen-bond acceptors (Lipinski definition) is 3. The molecule has 4 heteroatoms. The van der Waals surface area contributed by atoms with Gasteiger partial charge in [-0.05, 0) is 37.7 Å². The second kappa shape index (κ2) is 4.61. The summed E-state index contributed by atoms with van der Waals surface area (Å²) in [5, 5.41) is 0. The van der Waals surface area contributed by atoms with E-state index in [4.69, 9.17) is 5.73 Å². The smallest absolute Gasteiger partial charge is 0.0958 e. The lowest BCUT2D eigenvalue weighted by molar-refractivity contribution is 0.213. The summed E-state index contributed by atoms with van der Waals surface area (Å²) in [7, 11) is 4.21. The molecular formula is C14H22N4. The molecule has 2 aromatic rings. The Hall–Kier alpha value is -1.55. The van der Waals surface area contributed by atoms with Crippen LogP contribution in [0, 0.1) is 5.41 Å². The molecule has 0 amide bonds. The van der Waals surface area contributed by atoms with E-state index in [9.17, 15) is 0 Å². The molecule has 0 saturated heterocycles. The lowest BCUT2D eigenvalue weighted by atomic mass is 9.93. The van der Waals surface area contributed by atoms with E-state index in [0.29, 0.717) is 0 Å². The van der Waals surface area contributed by atoms with Crippen LogP contribution in [0.5, 0.6) is 0 Å². The molecule has 98 valence electrons. The van der Waals surface area contributed by atoms with Crippen LogP contribution in [0.25, 0.3) is 11.0 Å². The number of hydrogen-bond donors (Lipinski definition) is 1. The van der Waals surface area contributed by atoms with Crippen LogP contribution in [0.4, 0.5) is 5.69 Å². The second-order valence-corrected chi connectivity index (χ2v) is 6.02. The minimum atomic E-state index is 0.207. The van der Waals surface area contributed by atoms with E-state index in [1.54, 1.807) is 0 Å². The standard InChI is InChI=1S/C14H22N4/c1-14(2,8-17(3)4)9-18-10-16-12-7-11(15)5-6-13(12)18/h5-7,10H,8-9,15H2,1-4H3. The Morgan fingerprint density at radius 2 is 2.06 bits per heavy atom. The fourth-order valence-corrected chi connectivity index (χ4v) is 2.57. The minimum absolute atomic E-state index is 0.207. The zero-order chi connectivity index (χ0) is 13.3. The van der Waals surface area contributed by atoms with E-state index in [-0.39, 0.29) is 5.41 Å². The predicted octanol–water partition coefficient (Wildman–Crippen LogP) is 2.21. The van der Waals surface area contributed by atoms with Gasteiger partial charge >= 0.3 is 0 Å². The molecule has 0 aliphatic rings. The van der Waals surface area contributed by atoms with Gasteiger partial charge < -0.3 is 15.2 Å². The Morgan fingerprint density at radius 1 is 1.33 bits per heavy atom. The van der Waals surface area contributed by atoms with Gasteiger partial charge in [-0.25, -0.2) is 4.98 Å². The maximum Gasteiger partial charge on any atom is 0.0958 e. The first-order chi connectivity index (χ1) is 8.37. The summed E-state index contributed by atoms with van der Waals surface area (Å²) in [6, 6.07) is 5.90. The summed E-state index contributed by atoms with van der Waals surface area (Å²) < 4.78 is 2.21.